The van der Waals surface area contributed by atoms with Gasteiger partial charge < -0.3 is 24.4 Å². The number of hydrogen-bond donors (Lipinski definition) is 1. The largest absolute Gasteiger partial charge is 0.549 e. The molecule has 2 aromatic rings. The normalized spacial score (nSPS) is 24.4. The van der Waals surface area contributed by atoms with E-state index in [9.17, 15) is 19.5 Å². The summed E-state index contributed by atoms with van der Waals surface area (Å²) in [6, 6.07) is 5.14. The molecule has 124 valence electrons. The molecule has 3 atom stereocenters. The Hall–Kier alpha value is -2.26. The van der Waals surface area contributed by atoms with E-state index in [0.29, 0.717) is 21.2 Å². The fraction of sp³-hybridized carbons (Fsp3) is 0.267. The summed E-state index contributed by atoms with van der Waals surface area (Å²) >= 11 is 1.90. The van der Waals surface area contributed by atoms with Gasteiger partial charge in [0, 0.05) is 16.4 Å². The number of hydrogen-bond acceptors (Lipinski definition) is 8. The Bertz CT molecular complexity index is 917. The number of carboxylic acids is 1. The van der Waals surface area contributed by atoms with Crippen LogP contribution in [0.2, 0.25) is 0 Å². The van der Waals surface area contributed by atoms with Crippen LogP contribution in [0.5, 0.6) is 11.5 Å². The Morgan fingerprint density at radius 3 is 2.88 bits per heavy atom. The molecule has 7 nitrogen and oxygen atoms in total. The summed E-state index contributed by atoms with van der Waals surface area (Å²) in [7, 11) is 1.45. The summed E-state index contributed by atoms with van der Waals surface area (Å²) in [5.41, 5.74) is 0.627. The summed E-state index contributed by atoms with van der Waals surface area (Å²) in [6.07, 6.45) is 0. The first-order valence-corrected chi connectivity index (χ1v) is 8.70. The van der Waals surface area contributed by atoms with Crippen molar-refractivity contribution in [3.8, 4) is 11.5 Å². The summed E-state index contributed by atoms with van der Waals surface area (Å²) in [5.74, 6) is -2.92. The molecule has 0 unspecified atom stereocenters. The summed E-state index contributed by atoms with van der Waals surface area (Å²) in [5, 5.41) is 10.9. The van der Waals surface area contributed by atoms with E-state index in [-0.39, 0.29) is 10.6 Å². The zero-order valence-electron chi connectivity index (χ0n) is 12.2. The molecular weight excluding hydrogens is 354 g/mol. The second-order valence-electron chi connectivity index (χ2n) is 5.37. The molecule has 2 aliphatic rings. The van der Waals surface area contributed by atoms with Gasteiger partial charge >= 0.3 is 10.8 Å². The quantitative estimate of drug-likeness (QED) is 0.604. The third-order valence-corrected chi connectivity index (χ3v) is 6.52. The molecule has 1 aromatic heterocycles. The van der Waals surface area contributed by atoms with Gasteiger partial charge in [-0.25, -0.2) is 0 Å². The average Bonchev–Trinajstić information content (AvgIpc) is 2.93. The number of para-hydroxylation sites is 1. The summed E-state index contributed by atoms with van der Waals surface area (Å²) in [4.78, 5) is 38.8. The van der Waals surface area contributed by atoms with E-state index in [1.54, 1.807) is 18.2 Å². The van der Waals surface area contributed by atoms with E-state index in [0.717, 1.165) is 23.1 Å². The molecule has 0 saturated carbocycles. The highest BCUT2D eigenvalue weighted by molar-refractivity contribution is 8.00. The van der Waals surface area contributed by atoms with Crippen molar-refractivity contribution in [1.29, 1.82) is 0 Å². The number of esters is 1. The van der Waals surface area contributed by atoms with Gasteiger partial charge in [0.2, 0.25) is 0 Å². The smallest absolute Gasteiger partial charge is 0.317 e. The number of benzene rings is 1. The van der Waals surface area contributed by atoms with E-state index in [2.05, 4.69) is 4.98 Å². The number of fused-ring (bicyclic) bond motifs is 5. The van der Waals surface area contributed by atoms with E-state index < -0.39 is 29.0 Å². The summed E-state index contributed by atoms with van der Waals surface area (Å²) < 4.78 is 10.6. The van der Waals surface area contributed by atoms with E-state index >= 15 is 0 Å². The van der Waals surface area contributed by atoms with Crippen LogP contribution in [0.3, 0.4) is 0 Å². The van der Waals surface area contributed by atoms with Gasteiger partial charge in [-0.1, -0.05) is 35.2 Å². The second kappa shape index (κ2) is 5.38. The van der Waals surface area contributed by atoms with Crippen LogP contribution in [-0.2, 0) is 9.59 Å². The average molecular weight is 364 g/mol. The van der Waals surface area contributed by atoms with Gasteiger partial charge in [-0.15, -0.1) is 0 Å². The first-order valence-electron chi connectivity index (χ1n) is 7.00. The molecule has 0 amide bonds. The van der Waals surface area contributed by atoms with Gasteiger partial charge in [0.05, 0.1) is 29.3 Å². The maximum Gasteiger partial charge on any atom is 0.317 e. The van der Waals surface area contributed by atoms with Gasteiger partial charge in [0.15, 0.2) is 11.5 Å². The van der Waals surface area contributed by atoms with Crippen molar-refractivity contribution in [1.82, 2.24) is 4.98 Å². The Kier molecular flexibility index (Phi) is 3.43. The molecular formula is C15H10NO6S2-. The third-order valence-electron chi connectivity index (χ3n) is 4.13. The lowest BCUT2D eigenvalue weighted by molar-refractivity contribution is -0.306. The monoisotopic (exact) mass is 364 g/mol. The molecule has 0 fully saturated rings. The number of H-pyrrole nitrogens is 1. The minimum absolute atomic E-state index is 0.266. The zero-order valence-corrected chi connectivity index (χ0v) is 13.9. The zero-order chi connectivity index (χ0) is 17.0. The number of methoxy groups -OCH3 is 1. The number of carboxylic acid groups (broad SMARTS) is 1. The number of aromatic amines is 1. The third kappa shape index (κ3) is 2.08. The maximum atomic E-state index is 12.5. The van der Waals surface area contributed by atoms with E-state index in [4.69, 9.17) is 9.47 Å². The number of aliphatic carboxylic acids is 1. The van der Waals surface area contributed by atoms with Gasteiger partial charge in [-0.2, -0.15) is 0 Å². The standard InChI is InChI=1S/C15H11NO6S2/c1-21-6-4-2-3-5-7-8(14(19)22-9(5)6)11(13(17)18)23-12-10(7)24-15(20)16-12/h2-4,7-8,11H,1H3,(H,16,20)(H,17,18)/p-1/t7-,8+,11-/m0/s1. The Labute approximate surface area is 143 Å². The fourth-order valence-electron chi connectivity index (χ4n) is 3.16. The van der Waals surface area contributed by atoms with Crippen LogP contribution in [0.25, 0.3) is 0 Å². The van der Waals surface area contributed by atoms with Gasteiger partial charge in [-0.3, -0.25) is 9.59 Å². The number of thiazole rings is 1. The molecule has 0 bridgehead atoms. The fourth-order valence-corrected chi connectivity index (χ4v) is 5.55. The molecule has 1 aromatic carbocycles. The van der Waals surface area contributed by atoms with Crippen LogP contribution in [0.15, 0.2) is 28.0 Å². The Morgan fingerprint density at radius 1 is 1.38 bits per heavy atom. The van der Waals surface area contributed by atoms with Crippen molar-refractivity contribution < 1.29 is 24.2 Å². The molecule has 3 heterocycles. The van der Waals surface area contributed by atoms with Crippen LogP contribution < -0.4 is 19.5 Å². The van der Waals surface area contributed by atoms with Crippen LogP contribution >= 0.6 is 23.1 Å². The first kappa shape index (κ1) is 15.3. The number of carbonyl (C=O) groups excluding carboxylic acids is 2. The molecule has 0 saturated heterocycles. The molecule has 0 aliphatic carbocycles. The molecule has 9 heteroatoms. The molecule has 1 N–H and O–H groups in total. The topological polar surface area (TPSA) is 109 Å². The van der Waals surface area contributed by atoms with Crippen molar-refractivity contribution >= 4 is 35.0 Å². The molecule has 0 radical (unpaired) electrons. The van der Waals surface area contributed by atoms with E-state index in [1.165, 1.54) is 7.11 Å². The van der Waals surface area contributed by atoms with Crippen LogP contribution in [0, 0.1) is 5.92 Å². The lowest BCUT2D eigenvalue weighted by atomic mass is 9.80. The van der Waals surface area contributed by atoms with Crippen LogP contribution in [-0.4, -0.2) is 29.3 Å². The highest BCUT2D eigenvalue weighted by atomic mass is 32.2. The lowest BCUT2D eigenvalue weighted by Crippen LogP contribution is -2.48. The number of rotatable bonds is 2. The van der Waals surface area contributed by atoms with Crippen molar-refractivity contribution in [2.24, 2.45) is 5.92 Å². The number of thioether (sulfide) groups is 1. The Balaban J connectivity index is 1.99. The Morgan fingerprint density at radius 2 is 2.17 bits per heavy atom. The minimum atomic E-state index is -1.36. The molecule has 24 heavy (non-hydrogen) atoms. The summed E-state index contributed by atoms with van der Waals surface area (Å²) in [6.45, 7) is 0. The highest BCUT2D eigenvalue weighted by Crippen LogP contribution is 2.54. The van der Waals surface area contributed by atoms with Gasteiger partial charge in [0.1, 0.15) is 0 Å². The number of aromatic nitrogens is 1. The minimum Gasteiger partial charge on any atom is -0.549 e. The van der Waals surface area contributed by atoms with Gasteiger partial charge in [0.25, 0.3) is 0 Å². The van der Waals surface area contributed by atoms with Gasteiger partial charge in [-0.05, 0) is 6.07 Å². The highest BCUT2D eigenvalue weighted by Gasteiger charge is 2.50. The first-order chi connectivity index (χ1) is 11.5. The molecule has 4 rings (SSSR count). The number of nitrogens with one attached hydrogen (secondary N) is 1. The maximum absolute atomic E-state index is 12.5. The van der Waals surface area contributed by atoms with Crippen LogP contribution in [0.1, 0.15) is 16.4 Å². The van der Waals surface area contributed by atoms with E-state index in [1.807, 2.05) is 0 Å². The second-order valence-corrected chi connectivity index (χ2v) is 7.54. The van der Waals surface area contributed by atoms with Crippen molar-refractivity contribution in [2.75, 3.05) is 7.11 Å². The predicted molar refractivity (Wildman–Crippen MR) is 83.6 cm³/mol. The SMILES string of the molecule is COc1cccc2c1OC(=O)[C@@H]1[C@H]2c2sc(=O)[nH]c2S[C@@H]1C(=O)[O-]. The predicted octanol–water partition coefficient (Wildman–Crippen LogP) is 0.336. The lowest BCUT2D eigenvalue weighted by Gasteiger charge is -2.39. The van der Waals surface area contributed by atoms with Crippen LogP contribution in [0.4, 0.5) is 0 Å². The molecule has 2 aliphatic heterocycles. The van der Waals surface area contributed by atoms with Crippen molar-refractivity contribution in [2.45, 2.75) is 16.2 Å². The van der Waals surface area contributed by atoms with Crippen molar-refractivity contribution in [3.63, 3.8) is 0 Å². The number of carbonyl (C=O) groups is 2. The molecule has 0 spiro atoms. The van der Waals surface area contributed by atoms with Crippen molar-refractivity contribution in [3.05, 3.63) is 38.3 Å². The number of ether oxygens (including phenoxy) is 2.